The number of nitrogens with zero attached hydrogens (tertiary/aromatic N) is 3. The van der Waals surface area contributed by atoms with Crippen LogP contribution in [0.15, 0.2) is 30.9 Å². The number of aromatic nitrogens is 3. The van der Waals surface area contributed by atoms with Crippen LogP contribution in [0.2, 0.25) is 5.02 Å². The molecule has 1 heterocycles. The lowest BCUT2D eigenvalue weighted by atomic mass is 9.83. The Bertz CT molecular complexity index is 644. The molecule has 24 heavy (non-hydrogen) atoms. The first-order chi connectivity index (χ1) is 11.3. The van der Waals surface area contributed by atoms with Crippen LogP contribution in [0.3, 0.4) is 0 Å². The maximum Gasteiger partial charge on any atom is 0.166 e. The Balaban J connectivity index is 1.93. The predicted molar refractivity (Wildman–Crippen MR) is 90.7 cm³/mol. The highest BCUT2D eigenvalue weighted by atomic mass is 35.5. The Hall–Kier alpha value is -1.66. The molecule has 2 aromatic rings. The number of hydrogen-bond acceptors (Lipinski definition) is 4. The molecule has 0 saturated carbocycles. The fraction of sp³-hybridized carbons (Fsp3) is 0.529. The molecule has 0 aliphatic rings. The lowest BCUT2D eigenvalue weighted by Gasteiger charge is -2.33. The van der Waals surface area contributed by atoms with Gasteiger partial charge in [0, 0.05) is 5.02 Å². The zero-order valence-corrected chi connectivity index (χ0v) is 14.9. The minimum Gasteiger partial charge on any atom is -0.491 e. The molecule has 1 aromatic heterocycles. The zero-order chi connectivity index (χ0) is 17.7. The van der Waals surface area contributed by atoms with Gasteiger partial charge in [-0.2, -0.15) is 5.10 Å². The third kappa shape index (κ3) is 4.92. The molecule has 132 valence electrons. The first-order valence-corrected chi connectivity index (χ1v) is 8.27. The molecule has 0 spiro atoms. The highest BCUT2D eigenvalue weighted by molar-refractivity contribution is 6.30. The van der Waals surface area contributed by atoms with E-state index in [1.54, 1.807) is 17.1 Å². The fourth-order valence-corrected chi connectivity index (χ4v) is 2.63. The molecule has 0 bridgehead atoms. The highest BCUT2D eigenvalue weighted by Gasteiger charge is 2.31. The Morgan fingerprint density at radius 2 is 2.12 bits per heavy atom. The van der Waals surface area contributed by atoms with Gasteiger partial charge >= 0.3 is 0 Å². The number of rotatable bonds is 7. The summed E-state index contributed by atoms with van der Waals surface area (Å²) >= 11 is 5.72. The number of aliphatic hydroxyl groups is 1. The quantitative estimate of drug-likeness (QED) is 0.766. The zero-order valence-electron chi connectivity index (χ0n) is 14.1. The van der Waals surface area contributed by atoms with Crippen molar-refractivity contribution in [1.82, 2.24) is 14.8 Å². The number of hydrogen-bond donors (Lipinski definition) is 1. The van der Waals surface area contributed by atoms with E-state index in [9.17, 15) is 9.50 Å². The van der Waals surface area contributed by atoms with E-state index in [4.69, 9.17) is 16.3 Å². The second-order valence-electron chi connectivity index (χ2n) is 6.82. The number of benzene rings is 1. The van der Waals surface area contributed by atoms with Gasteiger partial charge in [-0.1, -0.05) is 32.4 Å². The summed E-state index contributed by atoms with van der Waals surface area (Å²) in [6, 6.07) is 4.10. The van der Waals surface area contributed by atoms with Crippen LogP contribution in [-0.4, -0.2) is 32.6 Å². The number of aliphatic hydroxyl groups excluding tert-OH is 1. The molecule has 7 heteroatoms. The van der Waals surface area contributed by atoms with E-state index < -0.39 is 11.9 Å². The monoisotopic (exact) mass is 355 g/mol. The average Bonchev–Trinajstić information content (AvgIpc) is 3.01. The Morgan fingerprint density at radius 3 is 2.71 bits per heavy atom. The summed E-state index contributed by atoms with van der Waals surface area (Å²) in [4.78, 5) is 3.95. The van der Waals surface area contributed by atoms with E-state index in [-0.39, 0.29) is 17.2 Å². The summed E-state index contributed by atoms with van der Waals surface area (Å²) < 4.78 is 20.8. The van der Waals surface area contributed by atoms with Crippen LogP contribution in [0.25, 0.3) is 0 Å². The summed E-state index contributed by atoms with van der Waals surface area (Å²) in [5.74, 6) is -0.307. The van der Waals surface area contributed by atoms with Crippen molar-refractivity contribution in [3.05, 3.63) is 41.7 Å². The van der Waals surface area contributed by atoms with Gasteiger partial charge in [0.05, 0.1) is 18.8 Å². The van der Waals surface area contributed by atoms with Crippen LogP contribution < -0.4 is 4.74 Å². The Morgan fingerprint density at radius 1 is 1.38 bits per heavy atom. The SMILES string of the molecule is CC(C)(C)C(O)C(CCCOc1ccc(Cl)cc1F)n1cncn1. The normalized spacial score (nSPS) is 14.4. The van der Waals surface area contributed by atoms with Crippen molar-refractivity contribution >= 4 is 11.6 Å². The molecule has 1 N–H and O–H groups in total. The first-order valence-electron chi connectivity index (χ1n) is 7.89. The van der Waals surface area contributed by atoms with Crippen molar-refractivity contribution in [2.24, 2.45) is 5.41 Å². The molecule has 2 rings (SSSR count). The van der Waals surface area contributed by atoms with Crippen LogP contribution in [-0.2, 0) is 0 Å². The summed E-state index contributed by atoms with van der Waals surface area (Å²) in [6.07, 6.45) is 3.73. The summed E-state index contributed by atoms with van der Waals surface area (Å²) in [5.41, 5.74) is -0.292. The van der Waals surface area contributed by atoms with Gasteiger partial charge in [-0.05, 0) is 36.5 Å². The third-order valence-electron chi connectivity index (χ3n) is 3.82. The Kier molecular flexibility index (Phi) is 6.18. The molecule has 1 aromatic carbocycles. The number of ether oxygens (including phenoxy) is 1. The molecule has 0 aliphatic heterocycles. The van der Waals surface area contributed by atoms with Gasteiger partial charge in [0.15, 0.2) is 11.6 Å². The summed E-state index contributed by atoms with van der Waals surface area (Å²) in [5, 5.41) is 15.1. The van der Waals surface area contributed by atoms with E-state index in [1.165, 1.54) is 18.5 Å². The van der Waals surface area contributed by atoms with Crippen LogP contribution in [0.4, 0.5) is 4.39 Å². The molecular formula is C17H23ClFN3O2. The van der Waals surface area contributed by atoms with Crippen molar-refractivity contribution in [3.8, 4) is 5.75 Å². The molecule has 0 aliphatic carbocycles. The Labute approximate surface area is 146 Å². The lowest BCUT2D eigenvalue weighted by Crippen LogP contribution is -2.36. The molecule has 0 fully saturated rings. The standard InChI is InChI=1S/C17H23ClFN3O2/c1-17(2,3)16(23)14(22-11-20-10-21-22)5-4-8-24-15-7-6-12(18)9-13(15)19/h6-7,9-11,14,16,23H,4-5,8H2,1-3H3. The van der Waals surface area contributed by atoms with Crippen molar-refractivity contribution < 1.29 is 14.2 Å². The molecule has 0 amide bonds. The van der Waals surface area contributed by atoms with Crippen molar-refractivity contribution in [2.45, 2.75) is 45.8 Å². The lowest BCUT2D eigenvalue weighted by molar-refractivity contribution is 0.00755. The summed E-state index contributed by atoms with van der Waals surface area (Å²) in [7, 11) is 0. The summed E-state index contributed by atoms with van der Waals surface area (Å²) in [6.45, 7) is 6.25. The minimum atomic E-state index is -0.591. The van der Waals surface area contributed by atoms with Crippen molar-refractivity contribution in [1.29, 1.82) is 0 Å². The van der Waals surface area contributed by atoms with Gasteiger partial charge in [0.1, 0.15) is 12.7 Å². The molecule has 5 nitrogen and oxygen atoms in total. The molecular weight excluding hydrogens is 333 g/mol. The van der Waals surface area contributed by atoms with E-state index >= 15 is 0 Å². The van der Waals surface area contributed by atoms with E-state index in [1.807, 2.05) is 20.8 Å². The van der Waals surface area contributed by atoms with Crippen molar-refractivity contribution in [3.63, 3.8) is 0 Å². The predicted octanol–water partition coefficient (Wildman–Crippen LogP) is 3.88. The maximum absolute atomic E-state index is 13.7. The maximum atomic E-state index is 13.7. The second-order valence-corrected chi connectivity index (χ2v) is 7.26. The van der Waals surface area contributed by atoms with Gasteiger partial charge in [0.25, 0.3) is 0 Å². The van der Waals surface area contributed by atoms with Gasteiger partial charge in [-0.3, -0.25) is 0 Å². The van der Waals surface area contributed by atoms with Crippen LogP contribution in [0.1, 0.15) is 39.7 Å². The minimum absolute atomic E-state index is 0.174. The van der Waals surface area contributed by atoms with Crippen LogP contribution in [0, 0.1) is 11.2 Å². The van der Waals surface area contributed by atoms with Gasteiger partial charge in [-0.15, -0.1) is 0 Å². The molecule has 2 atom stereocenters. The topological polar surface area (TPSA) is 60.2 Å². The number of halogens is 2. The van der Waals surface area contributed by atoms with Gasteiger partial charge in [0.2, 0.25) is 0 Å². The van der Waals surface area contributed by atoms with E-state index in [2.05, 4.69) is 10.1 Å². The van der Waals surface area contributed by atoms with Crippen LogP contribution in [0.5, 0.6) is 5.75 Å². The van der Waals surface area contributed by atoms with E-state index in [0.717, 1.165) is 0 Å². The van der Waals surface area contributed by atoms with Gasteiger partial charge < -0.3 is 9.84 Å². The van der Waals surface area contributed by atoms with Crippen molar-refractivity contribution in [2.75, 3.05) is 6.61 Å². The first kappa shape index (κ1) is 18.7. The largest absolute Gasteiger partial charge is 0.491 e. The average molecular weight is 356 g/mol. The van der Waals surface area contributed by atoms with E-state index in [0.29, 0.717) is 24.5 Å². The molecule has 0 saturated heterocycles. The molecule has 2 unspecified atom stereocenters. The van der Waals surface area contributed by atoms with Crippen LogP contribution >= 0.6 is 11.6 Å². The second kappa shape index (κ2) is 7.94. The third-order valence-corrected chi connectivity index (χ3v) is 4.06. The molecule has 0 radical (unpaired) electrons. The smallest absolute Gasteiger partial charge is 0.166 e. The van der Waals surface area contributed by atoms with Gasteiger partial charge in [-0.25, -0.2) is 14.1 Å². The highest BCUT2D eigenvalue weighted by Crippen LogP contribution is 2.31. The fourth-order valence-electron chi connectivity index (χ4n) is 2.47.